The van der Waals surface area contributed by atoms with Crippen LogP contribution in [0.1, 0.15) is 226 Å². The van der Waals surface area contributed by atoms with E-state index in [0.29, 0.717) is 19.4 Å². The number of allylic oxidation sites excluding steroid dienone is 6. The molecule has 0 aliphatic rings. The summed E-state index contributed by atoms with van der Waals surface area (Å²) < 4.78 is 17.3. The SMILES string of the molecule is CC/C=C\C/C=C\C/C=C\CCCCCCCCCCOCC(COC(=O)CCCCCCCCCCC)OC(=O)CCCCCCCCCCC. The zero-order valence-corrected chi connectivity index (χ0v) is 34.8. The normalized spacial score (nSPS) is 12.4. The molecule has 304 valence electrons. The summed E-state index contributed by atoms with van der Waals surface area (Å²) in [7, 11) is 0. The Balaban J connectivity index is 4.15. The number of esters is 2. The molecule has 0 saturated carbocycles. The molecule has 0 aliphatic carbocycles. The van der Waals surface area contributed by atoms with Crippen molar-refractivity contribution in [1.82, 2.24) is 0 Å². The van der Waals surface area contributed by atoms with Crippen molar-refractivity contribution in [3.8, 4) is 0 Å². The molecule has 0 N–H and O–H groups in total. The highest BCUT2D eigenvalue weighted by Gasteiger charge is 2.17. The summed E-state index contributed by atoms with van der Waals surface area (Å²) in [6, 6.07) is 0. The van der Waals surface area contributed by atoms with Gasteiger partial charge >= 0.3 is 11.9 Å². The van der Waals surface area contributed by atoms with Crippen LogP contribution >= 0.6 is 0 Å². The zero-order valence-electron chi connectivity index (χ0n) is 34.8. The van der Waals surface area contributed by atoms with Gasteiger partial charge in [0.15, 0.2) is 6.10 Å². The van der Waals surface area contributed by atoms with Gasteiger partial charge in [-0.15, -0.1) is 0 Å². The van der Waals surface area contributed by atoms with Crippen LogP contribution in [-0.4, -0.2) is 37.9 Å². The molecule has 0 spiro atoms. The second-order valence-electron chi connectivity index (χ2n) is 14.9. The highest BCUT2D eigenvalue weighted by molar-refractivity contribution is 5.70. The van der Waals surface area contributed by atoms with Crippen molar-refractivity contribution in [3.63, 3.8) is 0 Å². The van der Waals surface area contributed by atoms with Crippen LogP contribution in [0.5, 0.6) is 0 Å². The first-order valence-corrected chi connectivity index (χ1v) is 22.5. The summed E-state index contributed by atoms with van der Waals surface area (Å²) in [6.45, 7) is 7.69. The lowest BCUT2D eigenvalue weighted by molar-refractivity contribution is -0.163. The van der Waals surface area contributed by atoms with Gasteiger partial charge in [0.2, 0.25) is 0 Å². The second kappa shape index (κ2) is 43.5. The monoisotopic (exact) mass is 731 g/mol. The molecule has 0 rings (SSSR count). The van der Waals surface area contributed by atoms with Gasteiger partial charge in [-0.2, -0.15) is 0 Å². The Morgan fingerprint density at radius 2 is 0.865 bits per heavy atom. The standard InChI is InChI=1S/C47H86O5/c1-4-7-10-13-16-19-20-21-22-23-24-25-26-27-30-33-36-39-42-50-43-45(52-47(49)41-38-35-32-29-18-15-12-9-6-3)44-51-46(48)40-37-34-31-28-17-14-11-8-5-2/h7,10,16,19,21-22,45H,4-6,8-9,11-15,17-18,20,23-44H2,1-3H3/b10-7-,19-16-,22-21-. The number of carbonyl (C=O) groups excluding carboxylic acids is 2. The molecule has 0 saturated heterocycles. The second-order valence-corrected chi connectivity index (χ2v) is 14.9. The largest absolute Gasteiger partial charge is 0.462 e. The number of hydrogen-bond donors (Lipinski definition) is 0. The van der Waals surface area contributed by atoms with Gasteiger partial charge in [0.05, 0.1) is 6.61 Å². The predicted molar refractivity (Wildman–Crippen MR) is 224 cm³/mol. The lowest BCUT2D eigenvalue weighted by Gasteiger charge is -2.18. The molecule has 1 unspecified atom stereocenters. The summed E-state index contributed by atoms with van der Waals surface area (Å²) in [6.07, 6.45) is 50.0. The fraction of sp³-hybridized carbons (Fsp3) is 0.830. The molecule has 0 amide bonds. The van der Waals surface area contributed by atoms with E-state index in [9.17, 15) is 9.59 Å². The number of rotatable bonds is 41. The van der Waals surface area contributed by atoms with Gasteiger partial charge in [-0.25, -0.2) is 0 Å². The molecule has 0 aromatic heterocycles. The van der Waals surface area contributed by atoms with E-state index in [0.717, 1.165) is 57.8 Å². The maximum atomic E-state index is 12.6. The highest BCUT2D eigenvalue weighted by atomic mass is 16.6. The van der Waals surface area contributed by atoms with Crippen molar-refractivity contribution in [2.24, 2.45) is 0 Å². The number of hydrogen-bond acceptors (Lipinski definition) is 5. The average Bonchev–Trinajstić information content (AvgIpc) is 3.14. The number of unbranched alkanes of at least 4 members (excludes halogenated alkanes) is 24. The molecule has 0 aromatic rings. The summed E-state index contributed by atoms with van der Waals surface area (Å²) in [4.78, 5) is 25.1. The summed E-state index contributed by atoms with van der Waals surface area (Å²) >= 11 is 0. The van der Waals surface area contributed by atoms with Crippen LogP contribution in [0.3, 0.4) is 0 Å². The van der Waals surface area contributed by atoms with Crippen LogP contribution in [-0.2, 0) is 23.8 Å². The van der Waals surface area contributed by atoms with Gasteiger partial charge in [-0.05, 0) is 51.4 Å². The maximum absolute atomic E-state index is 12.6. The smallest absolute Gasteiger partial charge is 0.306 e. The minimum absolute atomic E-state index is 0.0868. The third-order valence-electron chi connectivity index (χ3n) is 9.69. The van der Waals surface area contributed by atoms with E-state index in [4.69, 9.17) is 14.2 Å². The molecule has 5 heteroatoms. The predicted octanol–water partition coefficient (Wildman–Crippen LogP) is 14.7. The van der Waals surface area contributed by atoms with Crippen LogP contribution in [0, 0.1) is 0 Å². The molecule has 0 bridgehead atoms. The van der Waals surface area contributed by atoms with Crippen LogP contribution < -0.4 is 0 Å². The molecular weight excluding hydrogens is 645 g/mol. The van der Waals surface area contributed by atoms with Gasteiger partial charge in [0.1, 0.15) is 6.61 Å². The molecule has 1 atom stereocenters. The van der Waals surface area contributed by atoms with Crippen molar-refractivity contribution < 1.29 is 23.8 Å². The molecule has 0 aliphatic heterocycles. The highest BCUT2D eigenvalue weighted by Crippen LogP contribution is 2.14. The first-order valence-electron chi connectivity index (χ1n) is 22.5. The van der Waals surface area contributed by atoms with Crippen molar-refractivity contribution in [1.29, 1.82) is 0 Å². The molecule has 0 radical (unpaired) electrons. The van der Waals surface area contributed by atoms with Crippen molar-refractivity contribution in [3.05, 3.63) is 36.5 Å². The van der Waals surface area contributed by atoms with Crippen molar-refractivity contribution in [2.45, 2.75) is 232 Å². The van der Waals surface area contributed by atoms with E-state index >= 15 is 0 Å². The molecule has 52 heavy (non-hydrogen) atoms. The molecular formula is C47H86O5. The van der Waals surface area contributed by atoms with E-state index in [2.05, 4.69) is 57.2 Å². The average molecular weight is 731 g/mol. The number of carbonyl (C=O) groups is 2. The van der Waals surface area contributed by atoms with Crippen LogP contribution in [0.4, 0.5) is 0 Å². The molecule has 5 nitrogen and oxygen atoms in total. The van der Waals surface area contributed by atoms with E-state index in [1.54, 1.807) is 0 Å². The van der Waals surface area contributed by atoms with Gasteiger partial charge in [0.25, 0.3) is 0 Å². The third-order valence-corrected chi connectivity index (χ3v) is 9.69. The van der Waals surface area contributed by atoms with E-state index in [-0.39, 0.29) is 25.2 Å². The van der Waals surface area contributed by atoms with Gasteiger partial charge in [-0.3, -0.25) is 9.59 Å². The first-order chi connectivity index (χ1) is 25.6. The van der Waals surface area contributed by atoms with E-state index in [1.807, 2.05) is 0 Å². The van der Waals surface area contributed by atoms with Gasteiger partial charge in [-0.1, -0.05) is 198 Å². The topological polar surface area (TPSA) is 61.8 Å². The Morgan fingerprint density at radius 3 is 1.38 bits per heavy atom. The van der Waals surface area contributed by atoms with E-state index in [1.165, 1.54) is 135 Å². The fourth-order valence-corrected chi connectivity index (χ4v) is 6.35. The maximum Gasteiger partial charge on any atom is 0.306 e. The van der Waals surface area contributed by atoms with Crippen molar-refractivity contribution >= 4 is 11.9 Å². The first kappa shape index (κ1) is 50.1. The Labute approximate surface area is 323 Å². The molecule has 0 aromatic carbocycles. The zero-order chi connectivity index (χ0) is 37.8. The van der Waals surface area contributed by atoms with Crippen molar-refractivity contribution in [2.75, 3.05) is 19.8 Å². The minimum atomic E-state index is -0.530. The molecule has 0 heterocycles. The Kier molecular flexibility index (Phi) is 42.0. The third kappa shape index (κ3) is 40.9. The quantitative estimate of drug-likeness (QED) is 0.0356. The fourth-order valence-electron chi connectivity index (χ4n) is 6.35. The lowest BCUT2D eigenvalue weighted by Crippen LogP contribution is -2.30. The summed E-state index contributed by atoms with van der Waals surface area (Å²) in [5.74, 6) is -0.399. The summed E-state index contributed by atoms with van der Waals surface area (Å²) in [5.41, 5.74) is 0. The van der Waals surface area contributed by atoms with Gasteiger partial charge < -0.3 is 14.2 Å². The van der Waals surface area contributed by atoms with Crippen LogP contribution in [0.2, 0.25) is 0 Å². The lowest BCUT2D eigenvalue weighted by atomic mass is 10.1. The van der Waals surface area contributed by atoms with Crippen LogP contribution in [0.15, 0.2) is 36.5 Å². The Hall–Kier alpha value is -1.88. The number of ether oxygens (including phenoxy) is 3. The summed E-state index contributed by atoms with van der Waals surface area (Å²) in [5, 5.41) is 0. The van der Waals surface area contributed by atoms with Gasteiger partial charge in [0, 0.05) is 19.4 Å². The Bertz CT molecular complexity index is 832. The van der Waals surface area contributed by atoms with Crippen LogP contribution in [0.25, 0.3) is 0 Å². The minimum Gasteiger partial charge on any atom is -0.462 e. The van der Waals surface area contributed by atoms with E-state index < -0.39 is 6.10 Å². The Morgan fingerprint density at radius 1 is 0.442 bits per heavy atom. The molecule has 0 fully saturated rings.